The molecule has 1 aromatic carbocycles. The van der Waals surface area contributed by atoms with Crippen LogP contribution in [-0.2, 0) is 13.2 Å². The van der Waals surface area contributed by atoms with Gasteiger partial charge in [0.1, 0.15) is 12.4 Å². The number of thiazole rings is 1. The summed E-state index contributed by atoms with van der Waals surface area (Å²) in [5, 5.41) is 4.21. The summed E-state index contributed by atoms with van der Waals surface area (Å²) < 4.78 is 6.89. The van der Waals surface area contributed by atoms with E-state index in [1.807, 2.05) is 32.3 Å². The standard InChI is InChI=1S/C13H15BrN2OS/c1-9-16-7-11(18-9)8-17-13-10(6-15-2)4-3-5-12(13)14/h3-5,7,15H,6,8H2,1-2H3. The maximum atomic E-state index is 5.90. The van der Waals surface area contributed by atoms with Crippen LogP contribution in [0.15, 0.2) is 28.9 Å². The van der Waals surface area contributed by atoms with Gasteiger partial charge in [0.05, 0.1) is 14.4 Å². The molecule has 0 radical (unpaired) electrons. The molecule has 0 unspecified atom stereocenters. The molecule has 0 aliphatic carbocycles. The molecule has 0 saturated carbocycles. The molecule has 0 saturated heterocycles. The number of para-hydroxylation sites is 1. The van der Waals surface area contributed by atoms with Gasteiger partial charge in [0.2, 0.25) is 0 Å². The Hall–Kier alpha value is -0.910. The lowest BCUT2D eigenvalue weighted by atomic mass is 10.2. The van der Waals surface area contributed by atoms with Gasteiger partial charge in [-0.3, -0.25) is 0 Å². The monoisotopic (exact) mass is 326 g/mol. The Labute approximate surface area is 119 Å². The molecule has 1 N–H and O–H groups in total. The molecule has 0 fully saturated rings. The minimum absolute atomic E-state index is 0.560. The van der Waals surface area contributed by atoms with Crippen molar-refractivity contribution in [2.75, 3.05) is 7.05 Å². The normalized spacial score (nSPS) is 10.6. The van der Waals surface area contributed by atoms with Gasteiger partial charge >= 0.3 is 0 Å². The third-order valence-corrected chi connectivity index (χ3v) is 3.95. The van der Waals surface area contributed by atoms with Crippen LogP contribution in [0, 0.1) is 6.92 Å². The molecule has 5 heteroatoms. The predicted molar refractivity (Wildman–Crippen MR) is 78.1 cm³/mol. The number of halogens is 1. The van der Waals surface area contributed by atoms with Crippen LogP contribution in [0.3, 0.4) is 0 Å². The summed E-state index contributed by atoms with van der Waals surface area (Å²) in [5.74, 6) is 0.901. The maximum absolute atomic E-state index is 5.90. The molecule has 0 aliphatic rings. The molecule has 0 atom stereocenters. The van der Waals surface area contributed by atoms with Crippen LogP contribution in [-0.4, -0.2) is 12.0 Å². The lowest BCUT2D eigenvalue weighted by molar-refractivity contribution is 0.303. The van der Waals surface area contributed by atoms with Crippen LogP contribution in [0.1, 0.15) is 15.4 Å². The summed E-state index contributed by atoms with van der Waals surface area (Å²) in [6, 6.07) is 6.07. The van der Waals surface area contributed by atoms with Gasteiger partial charge in [0.15, 0.2) is 0 Å². The van der Waals surface area contributed by atoms with E-state index in [2.05, 4.69) is 32.3 Å². The van der Waals surface area contributed by atoms with E-state index < -0.39 is 0 Å². The lowest BCUT2D eigenvalue weighted by Crippen LogP contribution is -2.07. The van der Waals surface area contributed by atoms with Crippen molar-refractivity contribution in [2.24, 2.45) is 0 Å². The first kappa shape index (κ1) is 13.5. The summed E-state index contributed by atoms with van der Waals surface area (Å²) in [5.41, 5.74) is 1.15. The Bertz CT molecular complexity index is 527. The van der Waals surface area contributed by atoms with Crippen molar-refractivity contribution in [3.8, 4) is 5.75 Å². The van der Waals surface area contributed by atoms with Gasteiger partial charge in [0.25, 0.3) is 0 Å². The molecule has 3 nitrogen and oxygen atoms in total. The number of hydrogen-bond acceptors (Lipinski definition) is 4. The minimum atomic E-state index is 0.560. The number of benzene rings is 1. The van der Waals surface area contributed by atoms with E-state index in [4.69, 9.17) is 4.74 Å². The van der Waals surface area contributed by atoms with E-state index in [1.165, 1.54) is 0 Å². The fourth-order valence-electron chi connectivity index (χ4n) is 1.66. The number of nitrogens with one attached hydrogen (secondary N) is 1. The van der Waals surface area contributed by atoms with E-state index in [0.29, 0.717) is 6.61 Å². The van der Waals surface area contributed by atoms with Gasteiger partial charge in [-0.05, 0) is 36.0 Å². The molecular weight excluding hydrogens is 312 g/mol. The molecule has 18 heavy (non-hydrogen) atoms. The quantitative estimate of drug-likeness (QED) is 0.912. The Morgan fingerprint density at radius 1 is 1.44 bits per heavy atom. The third-order valence-electron chi connectivity index (χ3n) is 2.44. The van der Waals surface area contributed by atoms with Crippen molar-refractivity contribution in [3.05, 3.63) is 44.3 Å². The average molecular weight is 327 g/mol. The van der Waals surface area contributed by atoms with Crippen LogP contribution in [0.4, 0.5) is 0 Å². The Kier molecular flexibility index (Phi) is 4.74. The topological polar surface area (TPSA) is 34.1 Å². The van der Waals surface area contributed by atoms with E-state index in [9.17, 15) is 0 Å². The number of ether oxygens (including phenoxy) is 1. The van der Waals surface area contributed by atoms with Crippen molar-refractivity contribution < 1.29 is 4.74 Å². The Balaban J connectivity index is 2.12. The summed E-state index contributed by atoms with van der Waals surface area (Å²) in [4.78, 5) is 5.36. The highest BCUT2D eigenvalue weighted by atomic mass is 79.9. The van der Waals surface area contributed by atoms with Crippen LogP contribution < -0.4 is 10.1 Å². The summed E-state index contributed by atoms with van der Waals surface area (Å²) in [7, 11) is 1.93. The van der Waals surface area contributed by atoms with Gasteiger partial charge in [-0.15, -0.1) is 11.3 Å². The van der Waals surface area contributed by atoms with Crippen molar-refractivity contribution in [1.82, 2.24) is 10.3 Å². The lowest BCUT2D eigenvalue weighted by Gasteiger charge is -2.12. The van der Waals surface area contributed by atoms with Gasteiger partial charge < -0.3 is 10.1 Å². The first-order chi connectivity index (χ1) is 8.70. The number of hydrogen-bond donors (Lipinski definition) is 1. The number of rotatable bonds is 5. The SMILES string of the molecule is CNCc1cccc(Br)c1OCc1cnc(C)s1. The zero-order chi connectivity index (χ0) is 13.0. The van der Waals surface area contributed by atoms with Crippen molar-refractivity contribution >= 4 is 27.3 Å². The zero-order valence-corrected chi connectivity index (χ0v) is 12.8. The third kappa shape index (κ3) is 3.31. The molecular formula is C13H15BrN2OS. The fourth-order valence-corrected chi connectivity index (χ4v) is 2.89. The minimum Gasteiger partial charge on any atom is -0.486 e. The molecule has 2 rings (SSSR count). The first-order valence-electron chi connectivity index (χ1n) is 5.67. The van der Waals surface area contributed by atoms with Gasteiger partial charge in [-0.25, -0.2) is 4.98 Å². The van der Waals surface area contributed by atoms with Gasteiger partial charge in [-0.1, -0.05) is 12.1 Å². The molecule has 0 bridgehead atoms. The second kappa shape index (κ2) is 6.31. The average Bonchev–Trinajstić information content (AvgIpc) is 2.75. The van der Waals surface area contributed by atoms with Crippen LogP contribution >= 0.6 is 27.3 Å². The molecule has 1 heterocycles. The summed E-state index contributed by atoms with van der Waals surface area (Å²) in [6.07, 6.45) is 1.87. The van der Waals surface area contributed by atoms with Crippen molar-refractivity contribution in [3.63, 3.8) is 0 Å². The van der Waals surface area contributed by atoms with Crippen molar-refractivity contribution in [2.45, 2.75) is 20.1 Å². The Morgan fingerprint density at radius 3 is 2.94 bits per heavy atom. The predicted octanol–water partition coefficient (Wildman–Crippen LogP) is 3.51. The van der Waals surface area contributed by atoms with Crippen LogP contribution in [0.5, 0.6) is 5.75 Å². The largest absolute Gasteiger partial charge is 0.486 e. The Morgan fingerprint density at radius 2 is 2.28 bits per heavy atom. The van der Waals surface area contributed by atoms with E-state index in [0.717, 1.165) is 32.2 Å². The number of nitrogens with zero attached hydrogens (tertiary/aromatic N) is 1. The molecule has 0 aliphatic heterocycles. The highest BCUT2D eigenvalue weighted by Crippen LogP contribution is 2.30. The van der Waals surface area contributed by atoms with Crippen LogP contribution in [0.25, 0.3) is 0 Å². The number of aromatic nitrogens is 1. The molecule has 2 aromatic rings. The molecule has 0 amide bonds. The van der Waals surface area contributed by atoms with Gasteiger partial charge in [0, 0.05) is 18.3 Å². The van der Waals surface area contributed by atoms with Crippen LogP contribution in [0.2, 0.25) is 0 Å². The maximum Gasteiger partial charge on any atom is 0.138 e. The summed E-state index contributed by atoms with van der Waals surface area (Å²) in [6.45, 7) is 3.35. The first-order valence-corrected chi connectivity index (χ1v) is 7.27. The molecule has 96 valence electrons. The number of aryl methyl sites for hydroxylation is 1. The van der Waals surface area contributed by atoms with E-state index >= 15 is 0 Å². The zero-order valence-electron chi connectivity index (χ0n) is 10.4. The van der Waals surface area contributed by atoms with E-state index in [-0.39, 0.29) is 0 Å². The molecule has 1 aromatic heterocycles. The smallest absolute Gasteiger partial charge is 0.138 e. The fraction of sp³-hybridized carbons (Fsp3) is 0.308. The van der Waals surface area contributed by atoms with E-state index in [1.54, 1.807) is 11.3 Å². The second-order valence-corrected chi connectivity index (χ2v) is 6.07. The highest BCUT2D eigenvalue weighted by Gasteiger charge is 2.08. The highest BCUT2D eigenvalue weighted by molar-refractivity contribution is 9.10. The second-order valence-electron chi connectivity index (χ2n) is 3.89. The summed E-state index contributed by atoms with van der Waals surface area (Å²) >= 11 is 5.20. The van der Waals surface area contributed by atoms with Gasteiger partial charge in [-0.2, -0.15) is 0 Å². The molecule has 0 spiro atoms. The van der Waals surface area contributed by atoms with Crippen molar-refractivity contribution in [1.29, 1.82) is 0 Å².